The average Bonchev–Trinajstić information content (AvgIpc) is 3.81. The van der Waals surface area contributed by atoms with E-state index in [4.69, 9.17) is 14.1 Å². The molecule has 0 saturated carbocycles. The molecule has 57 heavy (non-hydrogen) atoms. The largest absolute Gasteiger partial charge is 0.456 e. The van der Waals surface area contributed by atoms with Crippen LogP contribution in [0.15, 0.2) is 197 Å². The predicted molar refractivity (Wildman–Crippen MR) is 237 cm³/mol. The highest BCUT2D eigenvalue weighted by Gasteiger charge is 2.28. The minimum absolute atomic E-state index is 0.484. The van der Waals surface area contributed by atoms with E-state index in [2.05, 4.69) is 181 Å². The van der Waals surface area contributed by atoms with Crippen LogP contribution in [0.5, 0.6) is 0 Å². The van der Waals surface area contributed by atoms with Gasteiger partial charge in [-0.15, -0.1) is 0 Å². The number of benzene rings is 7. The summed E-state index contributed by atoms with van der Waals surface area (Å²) in [7, 11) is 0. The van der Waals surface area contributed by atoms with Gasteiger partial charge in [0.1, 0.15) is 11.2 Å². The molecule has 2 aromatic heterocycles. The Hall–Kier alpha value is -7.46. The molecule has 9 aromatic rings. The molecule has 1 unspecified atom stereocenters. The van der Waals surface area contributed by atoms with Crippen LogP contribution in [-0.2, 0) is 0 Å². The topological polar surface area (TPSA) is 56.6 Å². The van der Waals surface area contributed by atoms with Gasteiger partial charge in [0.05, 0.1) is 22.2 Å². The Kier molecular flexibility index (Phi) is 7.73. The quantitative estimate of drug-likeness (QED) is 0.173. The van der Waals surface area contributed by atoms with Crippen molar-refractivity contribution in [1.29, 1.82) is 0 Å². The van der Waals surface area contributed by atoms with Crippen molar-refractivity contribution in [3.8, 4) is 27.9 Å². The zero-order chi connectivity index (χ0) is 37.9. The molecule has 11 rings (SSSR count). The lowest BCUT2D eigenvalue weighted by molar-refractivity contribution is 0.669. The smallest absolute Gasteiger partial charge is 0.360 e. The summed E-state index contributed by atoms with van der Waals surface area (Å²) in [6.07, 6.45) is 7.68. The first-order chi connectivity index (χ1) is 28.1. The summed E-state index contributed by atoms with van der Waals surface area (Å²) in [6.45, 7) is 2.24. The molecule has 0 spiro atoms. The first-order valence-electron chi connectivity index (χ1n) is 19.5. The normalized spacial score (nSPS) is 15.4. The fraction of sp³-hybridized carbons (Fsp3) is 0.0577. The zero-order valence-electron chi connectivity index (χ0n) is 31.4. The third-order valence-corrected chi connectivity index (χ3v) is 11.2. The standard InChI is InChI=1S/C52H36N4O/c1-33-20-22-37(23-21-33)50-53-51(38-26-24-36(25-27-38)34-12-4-2-5-13-34)55-52(54-50)40-28-39(35-14-6-3-7-15-35)29-41(30-40)56-46-18-10-8-16-42(46)44-31-45-43-17-9-11-19-48(43)57-49(45)32-47(44)56/h2-20,22-33H,21H2,1H3/p+1. The van der Waals surface area contributed by atoms with E-state index >= 15 is 0 Å². The highest BCUT2D eigenvalue weighted by molar-refractivity contribution is 6.24. The van der Waals surface area contributed by atoms with Crippen molar-refractivity contribution in [3.05, 3.63) is 199 Å². The van der Waals surface area contributed by atoms with Gasteiger partial charge >= 0.3 is 11.7 Å². The summed E-state index contributed by atoms with van der Waals surface area (Å²) < 4.78 is 14.1. The molecule has 2 aliphatic rings. The van der Waals surface area contributed by atoms with Crippen LogP contribution >= 0.6 is 0 Å². The summed E-state index contributed by atoms with van der Waals surface area (Å²) in [4.78, 5) is 5.28. The highest BCUT2D eigenvalue weighted by atomic mass is 16.3. The Morgan fingerprint density at radius 2 is 1.25 bits per heavy atom. The molecular formula is C52H37N4O+. The molecule has 7 aromatic carbocycles. The first-order valence-corrected chi connectivity index (χ1v) is 19.5. The number of allylic oxidation sites excluding steroid dienone is 2. The maximum absolute atomic E-state index is 6.45. The number of furan rings is 1. The summed E-state index contributed by atoms with van der Waals surface area (Å²) in [5.41, 5.74) is 12.5. The molecule has 3 heterocycles. The Balaban J connectivity index is 1.14. The number of rotatable bonds is 6. The lowest BCUT2D eigenvalue weighted by Crippen LogP contribution is -2.39. The number of hydrogen-bond donors (Lipinski definition) is 1. The number of aromatic nitrogens is 1. The SMILES string of the molecule is CC1C=CC(C2=NC(c3cc(-c4ccccc4)cc(-n4c5ccccc5c5cc6c(cc54)oc4ccccc46)c3)=[N+]=C(c3ccc(-c4ccccc4)cc3)N2)=CC1. The number of amidine groups is 3. The Morgan fingerprint density at radius 1 is 0.579 bits per heavy atom. The molecule has 0 fully saturated rings. The number of hydrogen-bond acceptors (Lipinski definition) is 3. The van der Waals surface area contributed by atoms with E-state index in [1.807, 2.05) is 18.2 Å². The maximum Gasteiger partial charge on any atom is 0.360 e. The molecule has 5 heteroatoms. The zero-order valence-corrected chi connectivity index (χ0v) is 31.4. The summed E-state index contributed by atoms with van der Waals surface area (Å²) in [5, 5.41) is 8.22. The monoisotopic (exact) mass is 733 g/mol. The van der Waals surface area contributed by atoms with Gasteiger partial charge in [0.15, 0.2) is 0 Å². The van der Waals surface area contributed by atoms with Crippen molar-refractivity contribution in [3.63, 3.8) is 0 Å². The van der Waals surface area contributed by atoms with Crippen molar-refractivity contribution in [2.45, 2.75) is 13.3 Å². The van der Waals surface area contributed by atoms with Gasteiger partial charge in [-0.2, -0.15) is 0 Å². The third-order valence-electron chi connectivity index (χ3n) is 11.2. The van der Waals surface area contributed by atoms with Gasteiger partial charge in [-0.3, -0.25) is 0 Å². The molecule has 0 radical (unpaired) electrons. The maximum atomic E-state index is 6.45. The molecule has 0 amide bonds. The van der Waals surface area contributed by atoms with Crippen molar-refractivity contribution < 1.29 is 4.42 Å². The molecule has 0 saturated heterocycles. The number of nitrogens with zero attached hydrogens (tertiary/aromatic N) is 3. The van der Waals surface area contributed by atoms with Gasteiger partial charge in [0.2, 0.25) is 0 Å². The van der Waals surface area contributed by atoms with E-state index in [0.29, 0.717) is 11.8 Å². The second kappa shape index (κ2) is 13.4. The summed E-state index contributed by atoms with van der Waals surface area (Å²) in [5.74, 6) is 2.69. The van der Waals surface area contributed by atoms with E-state index in [1.165, 1.54) is 16.3 Å². The average molecular weight is 734 g/mol. The van der Waals surface area contributed by atoms with Crippen LogP contribution in [0.4, 0.5) is 0 Å². The Labute approximate surface area is 330 Å². The molecular weight excluding hydrogens is 697 g/mol. The molecule has 1 aliphatic heterocycles. The van der Waals surface area contributed by atoms with Crippen molar-refractivity contribution in [2.75, 3.05) is 0 Å². The molecule has 270 valence electrons. The van der Waals surface area contributed by atoms with E-state index in [-0.39, 0.29) is 0 Å². The van der Waals surface area contributed by atoms with Crippen molar-refractivity contribution in [2.24, 2.45) is 10.9 Å². The molecule has 5 nitrogen and oxygen atoms in total. The number of para-hydroxylation sites is 2. The van der Waals surface area contributed by atoms with Crippen LogP contribution in [0.3, 0.4) is 0 Å². The van der Waals surface area contributed by atoms with Crippen molar-refractivity contribution >= 4 is 61.3 Å². The predicted octanol–water partition coefficient (Wildman–Crippen LogP) is 11.8. The van der Waals surface area contributed by atoms with Gasteiger partial charge in [-0.1, -0.05) is 139 Å². The highest BCUT2D eigenvalue weighted by Crippen LogP contribution is 2.39. The lowest BCUT2D eigenvalue weighted by atomic mass is 9.97. The number of aliphatic imine (C=N–C) groups is 1. The molecule has 1 N–H and O–H groups in total. The van der Waals surface area contributed by atoms with Gasteiger partial charge in [0, 0.05) is 38.9 Å². The van der Waals surface area contributed by atoms with Crippen LogP contribution < -0.4 is 9.98 Å². The summed E-state index contributed by atoms with van der Waals surface area (Å²) >= 11 is 0. The molecule has 1 atom stereocenters. The summed E-state index contributed by atoms with van der Waals surface area (Å²) in [6, 6.07) is 57.8. The van der Waals surface area contributed by atoms with Crippen molar-refractivity contribution in [1.82, 2.24) is 14.6 Å². The Bertz CT molecular complexity index is 3210. The lowest BCUT2D eigenvalue weighted by Gasteiger charge is -2.14. The fourth-order valence-corrected chi connectivity index (χ4v) is 8.29. The Morgan fingerprint density at radius 3 is 2.02 bits per heavy atom. The number of nitrogens with one attached hydrogen (secondary N) is 1. The first kappa shape index (κ1) is 32.9. The van der Waals surface area contributed by atoms with Crippen LogP contribution in [0, 0.1) is 5.92 Å². The third kappa shape index (κ3) is 5.81. The fourth-order valence-electron chi connectivity index (χ4n) is 8.29. The van der Waals surface area contributed by atoms with E-state index in [0.717, 1.165) is 90.1 Å². The van der Waals surface area contributed by atoms with E-state index in [9.17, 15) is 0 Å². The van der Waals surface area contributed by atoms with Gasteiger partial charge in [0.25, 0.3) is 5.84 Å². The van der Waals surface area contributed by atoms with Crippen LogP contribution in [0.25, 0.3) is 71.7 Å². The molecule has 1 aliphatic carbocycles. The molecule has 0 bridgehead atoms. The van der Waals surface area contributed by atoms with E-state index in [1.54, 1.807) is 0 Å². The number of fused-ring (bicyclic) bond motifs is 6. The van der Waals surface area contributed by atoms with Crippen LogP contribution in [0.2, 0.25) is 0 Å². The second-order valence-electron chi connectivity index (χ2n) is 15.0. The van der Waals surface area contributed by atoms with Gasteiger partial charge < -0.3 is 8.98 Å². The van der Waals surface area contributed by atoms with E-state index < -0.39 is 0 Å². The minimum Gasteiger partial charge on any atom is -0.456 e. The van der Waals surface area contributed by atoms with Crippen LogP contribution in [0.1, 0.15) is 24.5 Å². The van der Waals surface area contributed by atoms with Gasteiger partial charge in [-0.05, 0) is 83.1 Å². The minimum atomic E-state index is 0.484. The van der Waals surface area contributed by atoms with Crippen LogP contribution in [-0.4, -0.2) is 22.1 Å². The van der Waals surface area contributed by atoms with Gasteiger partial charge in [-0.25, -0.2) is 9.98 Å². The second-order valence-corrected chi connectivity index (χ2v) is 15.0.